The van der Waals surface area contributed by atoms with Crippen LogP contribution in [0.1, 0.15) is 51.2 Å². The van der Waals surface area contributed by atoms with Gasteiger partial charge in [0.15, 0.2) is 0 Å². The van der Waals surface area contributed by atoms with Crippen molar-refractivity contribution in [1.82, 2.24) is 10.2 Å². The largest absolute Gasteiger partial charge is 0.497 e. The topological polar surface area (TPSA) is 96.0 Å². The molecule has 0 saturated heterocycles. The average Bonchev–Trinajstić information content (AvgIpc) is 2.84. The highest BCUT2D eigenvalue weighted by atomic mass is 32.2. The van der Waals surface area contributed by atoms with Crippen LogP contribution in [-0.4, -0.2) is 57.1 Å². The summed E-state index contributed by atoms with van der Waals surface area (Å²) in [5.41, 5.74) is 2.38. The Morgan fingerprint density at radius 2 is 1.75 bits per heavy atom. The SMILES string of the molecule is CCC(C)NC(=O)C(C)N(Cc1ccc(OC)cc1)C(=O)CCCN(c1cccc(C)c1)S(C)(=O)=O. The van der Waals surface area contributed by atoms with Gasteiger partial charge < -0.3 is 15.0 Å². The first-order valence-corrected chi connectivity index (χ1v) is 14.1. The van der Waals surface area contributed by atoms with E-state index in [0.29, 0.717) is 17.9 Å². The Morgan fingerprint density at radius 1 is 1.08 bits per heavy atom. The van der Waals surface area contributed by atoms with Crippen molar-refractivity contribution in [1.29, 1.82) is 0 Å². The number of nitrogens with one attached hydrogen (secondary N) is 1. The second-order valence-corrected chi connectivity index (χ2v) is 11.0. The molecule has 0 radical (unpaired) electrons. The smallest absolute Gasteiger partial charge is 0.242 e. The van der Waals surface area contributed by atoms with E-state index in [1.165, 1.54) is 4.31 Å². The third-order valence-corrected chi connectivity index (χ3v) is 7.32. The van der Waals surface area contributed by atoms with Gasteiger partial charge in [0, 0.05) is 25.6 Å². The van der Waals surface area contributed by atoms with Crippen LogP contribution in [0.2, 0.25) is 0 Å². The minimum atomic E-state index is -3.52. The Labute approximate surface area is 215 Å². The molecule has 1 N–H and O–H groups in total. The first kappa shape index (κ1) is 29.2. The highest BCUT2D eigenvalue weighted by Gasteiger charge is 2.27. The van der Waals surface area contributed by atoms with E-state index in [0.717, 1.165) is 23.8 Å². The van der Waals surface area contributed by atoms with Gasteiger partial charge >= 0.3 is 0 Å². The molecule has 36 heavy (non-hydrogen) atoms. The predicted molar refractivity (Wildman–Crippen MR) is 144 cm³/mol. The van der Waals surface area contributed by atoms with Gasteiger partial charge in [-0.2, -0.15) is 0 Å². The van der Waals surface area contributed by atoms with Crippen molar-refractivity contribution >= 4 is 27.5 Å². The lowest BCUT2D eigenvalue weighted by molar-refractivity contribution is -0.140. The molecule has 198 valence electrons. The fourth-order valence-corrected chi connectivity index (χ4v) is 4.72. The summed E-state index contributed by atoms with van der Waals surface area (Å²) in [7, 11) is -1.94. The molecule has 8 nitrogen and oxygen atoms in total. The van der Waals surface area contributed by atoms with Gasteiger partial charge in [-0.3, -0.25) is 13.9 Å². The number of sulfonamides is 1. The number of amides is 2. The summed E-state index contributed by atoms with van der Waals surface area (Å²) in [5, 5.41) is 2.95. The fourth-order valence-electron chi connectivity index (χ4n) is 3.76. The lowest BCUT2D eigenvalue weighted by atomic mass is 10.1. The molecule has 2 unspecified atom stereocenters. The number of aryl methyl sites for hydroxylation is 1. The molecule has 0 saturated carbocycles. The molecule has 2 aromatic rings. The summed E-state index contributed by atoms with van der Waals surface area (Å²) in [6.45, 7) is 7.94. The van der Waals surface area contributed by atoms with Crippen molar-refractivity contribution in [2.45, 2.75) is 65.6 Å². The minimum absolute atomic E-state index is 0.00413. The maximum Gasteiger partial charge on any atom is 0.242 e. The van der Waals surface area contributed by atoms with Crippen LogP contribution in [0, 0.1) is 6.92 Å². The van der Waals surface area contributed by atoms with Gasteiger partial charge in [-0.25, -0.2) is 8.42 Å². The number of benzene rings is 2. The van der Waals surface area contributed by atoms with Gasteiger partial charge in [-0.15, -0.1) is 0 Å². The molecule has 0 fully saturated rings. The third kappa shape index (κ3) is 8.55. The monoisotopic (exact) mass is 517 g/mol. The van der Waals surface area contributed by atoms with Crippen LogP contribution >= 0.6 is 0 Å². The number of carbonyl (C=O) groups excluding carboxylic acids is 2. The highest BCUT2D eigenvalue weighted by Crippen LogP contribution is 2.21. The number of rotatable bonds is 13. The van der Waals surface area contributed by atoms with E-state index in [1.54, 1.807) is 31.1 Å². The average molecular weight is 518 g/mol. The van der Waals surface area contributed by atoms with E-state index < -0.39 is 16.1 Å². The molecular weight excluding hydrogens is 478 g/mol. The maximum atomic E-state index is 13.3. The van der Waals surface area contributed by atoms with E-state index in [1.807, 2.05) is 57.2 Å². The van der Waals surface area contributed by atoms with Crippen molar-refractivity contribution in [3.63, 3.8) is 0 Å². The van der Waals surface area contributed by atoms with E-state index in [-0.39, 0.29) is 37.4 Å². The van der Waals surface area contributed by atoms with Gasteiger partial charge in [0.1, 0.15) is 11.8 Å². The molecule has 2 amide bonds. The number of ether oxygens (including phenoxy) is 1. The summed E-state index contributed by atoms with van der Waals surface area (Å²) < 4.78 is 31.4. The van der Waals surface area contributed by atoms with Crippen molar-refractivity contribution in [3.05, 3.63) is 59.7 Å². The number of nitrogens with zero attached hydrogens (tertiary/aromatic N) is 2. The second kappa shape index (κ2) is 13.3. The van der Waals surface area contributed by atoms with Crippen LogP contribution in [-0.2, 0) is 26.2 Å². The van der Waals surface area contributed by atoms with Crippen LogP contribution < -0.4 is 14.4 Å². The molecule has 2 aromatic carbocycles. The Balaban J connectivity index is 2.18. The van der Waals surface area contributed by atoms with Gasteiger partial charge in [0.25, 0.3) is 0 Å². The van der Waals surface area contributed by atoms with Crippen molar-refractivity contribution in [2.24, 2.45) is 0 Å². The summed E-state index contributed by atoms with van der Waals surface area (Å²) in [6.07, 6.45) is 2.37. The molecule has 0 aliphatic heterocycles. The Hall–Kier alpha value is -3.07. The zero-order chi connectivity index (χ0) is 26.9. The quantitative estimate of drug-likeness (QED) is 0.435. The van der Waals surface area contributed by atoms with Crippen LogP contribution in [0.5, 0.6) is 5.75 Å². The van der Waals surface area contributed by atoms with Gasteiger partial charge in [0.2, 0.25) is 21.8 Å². The lowest BCUT2D eigenvalue weighted by Gasteiger charge is -2.30. The number of hydrogen-bond acceptors (Lipinski definition) is 5. The molecule has 2 rings (SSSR count). The fraction of sp³-hybridized carbons (Fsp3) is 0.481. The normalized spacial score (nSPS) is 12.9. The first-order chi connectivity index (χ1) is 17.0. The number of anilines is 1. The van der Waals surface area contributed by atoms with Crippen molar-refractivity contribution < 1.29 is 22.7 Å². The molecule has 0 aromatic heterocycles. The molecule has 2 atom stereocenters. The van der Waals surface area contributed by atoms with Gasteiger partial charge in [-0.1, -0.05) is 31.2 Å². The van der Waals surface area contributed by atoms with Crippen molar-refractivity contribution in [2.75, 3.05) is 24.2 Å². The van der Waals surface area contributed by atoms with Gasteiger partial charge in [-0.05, 0) is 69.0 Å². The number of methoxy groups -OCH3 is 1. The van der Waals surface area contributed by atoms with E-state index in [4.69, 9.17) is 4.74 Å². The standard InChI is InChI=1S/C27H39N3O5S/c1-7-21(3)28-27(32)22(4)29(19-23-13-15-25(35-5)16-14-23)26(31)12-9-17-30(36(6,33)34)24-11-8-10-20(2)18-24/h8,10-11,13-16,18,21-22H,7,9,12,17,19H2,1-6H3,(H,28,32). The summed E-state index contributed by atoms with van der Waals surface area (Å²) in [6, 6.07) is 13.9. The second-order valence-electron chi connectivity index (χ2n) is 9.14. The molecule has 0 bridgehead atoms. The summed E-state index contributed by atoms with van der Waals surface area (Å²) in [4.78, 5) is 27.8. The van der Waals surface area contributed by atoms with Crippen LogP contribution in [0.3, 0.4) is 0 Å². The number of carbonyl (C=O) groups is 2. The summed E-state index contributed by atoms with van der Waals surface area (Å²) in [5.74, 6) is 0.273. The van der Waals surface area contributed by atoms with E-state index in [2.05, 4.69) is 5.32 Å². The third-order valence-electron chi connectivity index (χ3n) is 6.12. The summed E-state index contributed by atoms with van der Waals surface area (Å²) >= 11 is 0. The lowest BCUT2D eigenvalue weighted by Crippen LogP contribution is -2.49. The van der Waals surface area contributed by atoms with Gasteiger partial charge in [0.05, 0.1) is 19.1 Å². The minimum Gasteiger partial charge on any atom is -0.497 e. The highest BCUT2D eigenvalue weighted by molar-refractivity contribution is 7.92. The predicted octanol–water partition coefficient (Wildman–Crippen LogP) is 3.88. The Kier molecular flexibility index (Phi) is 10.8. The zero-order valence-electron chi connectivity index (χ0n) is 22.2. The first-order valence-electron chi connectivity index (χ1n) is 12.2. The Morgan fingerprint density at radius 3 is 2.31 bits per heavy atom. The molecule has 0 aliphatic carbocycles. The van der Waals surface area contributed by atoms with Crippen LogP contribution in [0.15, 0.2) is 48.5 Å². The molecule has 0 spiro atoms. The zero-order valence-corrected chi connectivity index (χ0v) is 23.0. The molecule has 9 heteroatoms. The van der Waals surface area contributed by atoms with E-state index >= 15 is 0 Å². The molecule has 0 aliphatic rings. The van der Waals surface area contributed by atoms with Crippen LogP contribution in [0.25, 0.3) is 0 Å². The molecular formula is C27H39N3O5S. The van der Waals surface area contributed by atoms with Crippen molar-refractivity contribution in [3.8, 4) is 5.75 Å². The van der Waals surface area contributed by atoms with E-state index in [9.17, 15) is 18.0 Å². The number of hydrogen-bond donors (Lipinski definition) is 1. The maximum absolute atomic E-state index is 13.3. The van der Waals surface area contributed by atoms with Crippen LogP contribution in [0.4, 0.5) is 5.69 Å². The molecule has 0 heterocycles. The Bertz CT molecular complexity index is 1120.